The van der Waals surface area contributed by atoms with Crippen molar-refractivity contribution in [2.45, 2.75) is 145 Å². The topological polar surface area (TPSA) is 504 Å². The van der Waals surface area contributed by atoms with Gasteiger partial charge in [0.2, 0.25) is 59.1 Å². The minimum absolute atomic E-state index is 0.0239. The van der Waals surface area contributed by atoms with Crippen molar-refractivity contribution < 1.29 is 87.9 Å². The van der Waals surface area contributed by atoms with Gasteiger partial charge in [-0.25, -0.2) is 4.79 Å². The van der Waals surface area contributed by atoms with Gasteiger partial charge in [-0.3, -0.25) is 57.5 Å². The maximum absolute atomic E-state index is 14.4. The number of aliphatic carboxylic acids is 3. The van der Waals surface area contributed by atoms with Gasteiger partial charge < -0.3 is 89.8 Å². The smallest absolute Gasteiger partial charge is 0.328 e. The van der Waals surface area contributed by atoms with Crippen LogP contribution >= 0.6 is 0 Å². The average molecular weight is 1090 g/mol. The van der Waals surface area contributed by atoms with E-state index in [-0.39, 0.29) is 38.1 Å². The number of H-pyrrole nitrogens is 1. The first-order chi connectivity index (χ1) is 36.1. The van der Waals surface area contributed by atoms with Crippen LogP contribution in [0.3, 0.4) is 0 Å². The predicted octanol–water partition coefficient (Wildman–Crippen LogP) is -5.59. The van der Waals surface area contributed by atoms with Crippen LogP contribution in [0.1, 0.15) is 84.1 Å². The maximum atomic E-state index is 14.4. The van der Waals surface area contributed by atoms with E-state index < -0.39 is 183 Å². The Kier molecular flexibility index (Phi) is 24.3. The first kappa shape index (κ1) is 63.0. The number of nitrogens with zero attached hydrogens (tertiary/aromatic N) is 1. The van der Waals surface area contributed by atoms with Crippen LogP contribution in [0, 0.1) is 5.92 Å². The second-order valence-electron chi connectivity index (χ2n) is 18.8. The molecule has 30 nitrogen and oxygen atoms in total. The fourth-order valence-corrected chi connectivity index (χ4v) is 8.18. The van der Waals surface area contributed by atoms with Gasteiger partial charge in [-0.1, -0.05) is 32.0 Å². The number of nitrogens with two attached hydrogens (primary N) is 3. The van der Waals surface area contributed by atoms with Gasteiger partial charge in [-0.05, 0) is 56.6 Å². The highest BCUT2D eigenvalue weighted by Crippen LogP contribution is 2.22. The number of aromatic nitrogens is 1. The minimum atomic E-state index is -1.96. The second-order valence-corrected chi connectivity index (χ2v) is 18.8. The molecule has 0 spiro atoms. The summed E-state index contributed by atoms with van der Waals surface area (Å²) < 4.78 is 0. The van der Waals surface area contributed by atoms with Crippen LogP contribution in [0.2, 0.25) is 0 Å². The minimum Gasteiger partial charge on any atom is -0.481 e. The molecule has 30 heteroatoms. The van der Waals surface area contributed by atoms with Gasteiger partial charge in [0.05, 0.1) is 25.6 Å². The third-order valence-electron chi connectivity index (χ3n) is 12.1. The zero-order chi connectivity index (χ0) is 57.8. The highest BCUT2D eigenvalue weighted by molar-refractivity contribution is 6.00. The molecule has 1 aliphatic rings. The third-order valence-corrected chi connectivity index (χ3v) is 12.1. The fraction of sp³-hybridized carbons (Fsp3) is 0.553. The number of primary amides is 2. The molecule has 10 amide bonds. The van der Waals surface area contributed by atoms with Crippen molar-refractivity contribution in [2.24, 2.45) is 23.1 Å². The molecular weight excluding hydrogens is 1020 g/mol. The summed E-state index contributed by atoms with van der Waals surface area (Å²) in [6.07, 6.45) is -4.89. The number of aliphatic hydroxyl groups is 2. The van der Waals surface area contributed by atoms with Crippen LogP contribution in [-0.4, -0.2) is 186 Å². The Morgan fingerprint density at radius 3 is 1.71 bits per heavy atom. The van der Waals surface area contributed by atoms with Crippen molar-refractivity contribution in [3.63, 3.8) is 0 Å². The van der Waals surface area contributed by atoms with E-state index in [9.17, 15) is 87.9 Å². The second kappa shape index (κ2) is 29.7. The van der Waals surface area contributed by atoms with Crippen LogP contribution in [0.5, 0.6) is 0 Å². The summed E-state index contributed by atoms with van der Waals surface area (Å²) in [6.45, 7) is 3.62. The monoisotopic (exact) mass is 1090 g/mol. The number of fused-ring (bicyclic) bond motifs is 1. The molecule has 0 radical (unpaired) electrons. The average Bonchev–Trinajstić information content (AvgIpc) is 4.01. The molecule has 10 atom stereocenters. The number of carbonyl (C=O) groups is 13. The molecule has 424 valence electrons. The molecule has 0 bridgehead atoms. The van der Waals surface area contributed by atoms with E-state index in [1.165, 1.54) is 6.20 Å². The van der Waals surface area contributed by atoms with Crippen molar-refractivity contribution in [1.29, 1.82) is 0 Å². The van der Waals surface area contributed by atoms with Crippen molar-refractivity contribution >= 4 is 87.9 Å². The standard InChI is InChI=1S/C47H68N12O18/c1-21(2)15-29(54-39(68)25(48)20-60)42(71)57-32(18-35(50)63)46(75)59-14-6-9-33(59)45(74)53-27(10-12-36(64)65)40(69)55-30(16-23-19-51-26-8-5-4-7-24(23)26)43(72)56-31(17-34(49)62)44(73)52-28(11-13-37(66)67)41(70)58-38(22(3)61)47(76)77/h4-5,7-8,19,21-22,25,27-33,38,51,60-61H,6,9-18,20,48H2,1-3H3,(H2,49,62)(H2,50,63)(H,52,73)(H,53,74)(H,54,68)(H,55,69)(H,56,72)(H,57,71)(H,58,70)(H,64,65)(H,66,67)(H,76,77)/t22-,25+,27+,28+,29+,30+,31+,32+,33+,38+/m1/s1. The van der Waals surface area contributed by atoms with E-state index in [1.54, 1.807) is 38.1 Å². The summed E-state index contributed by atoms with van der Waals surface area (Å²) in [5.74, 6) is -15.7. The number of carboxylic acids is 3. The molecule has 0 unspecified atom stereocenters. The highest BCUT2D eigenvalue weighted by atomic mass is 16.4. The molecular formula is C47H68N12O18. The number of rotatable bonds is 32. The van der Waals surface area contributed by atoms with Crippen LogP contribution in [-0.2, 0) is 68.7 Å². The van der Waals surface area contributed by atoms with Crippen molar-refractivity contribution in [2.75, 3.05) is 13.2 Å². The van der Waals surface area contributed by atoms with E-state index in [2.05, 4.69) is 36.9 Å². The van der Waals surface area contributed by atoms with Gasteiger partial charge in [-0.2, -0.15) is 0 Å². The number of hydrogen-bond donors (Lipinski definition) is 16. The Balaban J connectivity index is 1.98. The van der Waals surface area contributed by atoms with Gasteiger partial charge in [0, 0.05) is 42.9 Å². The Morgan fingerprint density at radius 1 is 0.662 bits per heavy atom. The van der Waals surface area contributed by atoms with Crippen LogP contribution in [0.4, 0.5) is 0 Å². The summed E-state index contributed by atoms with van der Waals surface area (Å²) in [6, 6.07) is -8.29. The molecule has 1 aromatic carbocycles. The van der Waals surface area contributed by atoms with Crippen LogP contribution in [0.25, 0.3) is 10.9 Å². The molecule has 2 heterocycles. The molecule has 3 rings (SSSR count). The van der Waals surface area contributed by atoms with E-state index in [1.807, 2.05) is 5.32 Å². The van der Waals surface area contributed by atoms with Gasteiger partial charge in [0.15, 0.2) is 6.04 Å². The Labute approximate surface area is 439 Å². The zero-order valence-electron chi connectivity index (χ0n) is 42.4. The zero-order valence-corrected chi connectivity index (χ0v) is 42.4. The van der Waals surface area contributed by atoms with Crippen molar-refractivity contribution in [1.82, 2.24) is 47.1 Å². The number of aliphatic hydroxyl groups excluding tert-OH is 2. The third kappa shape index (κ3) is 19.8. The molecule has 1 aromatic heterocycles. The van der Waals surface area contributed by atoms with E-state index in [0.29, 0.717) is 16.5 Å². The summed E-state index contributed by atoms with van der Waals surface area (Å²) >= 11 is 0. The number of aromatic amines is 1. The van der Waals surface area contributed by atoms with E-state index >= 15 is 0 Å². The first-order valence-electron chi connectivity index (χ1n) is 24.4. The van der Waals surface area contributed by atoms with Crippen molar-refractivity contribution in [3.8, 4) is 0 Å². The summed E-state index contributed by atoms with van der Waals surface area (Å²) in [5.41, 5.74) is 17.5. The molecule has 77 heavy (non-hydrogen) atoms. The predicted molar refractivity (Wildman–Crippen MR) is 265 cm³/mol. The number of likely N-dealkylation sites (tertiary alicyclic amines) is 1. The summed E-state index contributed by atoms with van der Waals surface area (Å²) in [4.78, 5) is 174. The first-order valence-corrected chi connectivity index (χ1v) is 24.4. The molecule has 2 aromatic rings. The molecule has 1 aliphatic heterocycles. The number of carboxylic acid groups (broad SMARTS) is 3. The van der Waals surface area contributed by atoms with Crippen molar-refractivity contribution in [3.05, 3.63) is 36.0 Å². The lowest BCUT2D eigenvalue weighted by Crippen LogP contribution is -2.61. The van der Waals surface area contributed by atoms with Gasteiger partial charge >= 0.3 is 17.9 Å². The molecule has 0 saturated carbocycles. The lowest BCUT2D eigenvalue weighted by molar-refractivity contribution is -0.145. The van der Waals surface area contributed by atoms with Gasteiger partial charge in [0.1, 0.15) is 48.3 Å². The van der Waals surface area contributed by atoms with Crippen LogP contribution in [0.15, 0.2) is 30.5 Å². The molecule has 1 saturated heterocycles. The highest BCUT2D eigenvalue weighted by Gasteiger charge is 2.41. The quantitative estimate of drug-likeness (QED) is 0.0325. The number of benzene rings is 1. The SMILES string of the molecule is CC(C)C[C@H](NC(=O)[C@@H](N)CO)C(=O)N[C@@H](CC(N)=O)C(=O)N1CCC[C@H]1C(=O)N[C@@H](CCC(=O)O)C(=O)N[C@@H](Cc1c[nH]c2ccccc12)C(=O)N[C@@H](CC(N)=O)C(=O)N[C@@H](CCC(=O)O)C(=O)N[C@H](C(=O)O)[C@@H](C)O. The number of para-hydroxylation sites is 1. The molecule has 19 N–H and O–H groups in total. The fourth-order valence-electron chi connectivity index (χ4n) is 8.18. The van der Waals surface area contributed by atoms with Crippen LogP contribution < -0.4 is 54.4 Å². The van der Waals surface area contributed by atoms with Gasteiger partial charge in [0.25, 0.3) is 0 Å². The summed E-state index contributed by atoms with van der Waals surface area (Å²) in [5, 5.41) is 64.4. The number of nitrogens with one attached hydrogen (secondary N) is 8. The van der Waals surface area contributed by atoms with E-state index in [0.717, 1.165) is 11.8 Å². The Hall–Kier alpha value is -8.25. The molecule has 0 aliphatic carbocycles. The Bertz CT molecular complexity index is 2520. The lowest BCUT2D eigenvalue weighted by atomic mass is 10.0. The number of carbonyl (C=O) groups excluding carboxylic acids is 10. The maximum Gasteiger partial charge on any atom is 0.328 e. The van der Waals surface area contributed by atoms with Gasteiger partial charge in [-0.15, -0.1) is 0 Å². The largest absolute Gasteiger partial charge is 0.481 e. The number of amides is 10. The Morgan fingerprint density at radius 2 is 1.16 bits per heavy atom. The summed E-state index contributed by atoms with van der Waals surface area (Å²) in [7, 11) is 0. The number of hydrogen-bond acceptors (Lipinski definition) is 16. The normalized spacial score (nSPS) is 16.7. The lowest BCUT2D eigenvalue weighted by Gasteiger charge is -2.31. The molecule has 1 fully saturated rings. The van der Waals surface area contributed by atoms with E-state index in [4.69, 9.17) is 17.2 Å².